The molecule has 156 valence electrons. The van der Waals surface area contributed by atoms with Crippen molar-refractivity contribution in [1.29, 1.82) is 0 Å². The van der Waals surface area contributed by atoms with Gasteiger partial charge >= 0.3 is 0 Å². The summed E-state index contributed by atoms with van der Waals surface area (Å²) in [5, 5.41) is 13.6. The van der Waals surface area contributed by atoms with E-state index in [1.54, 1.807) is 23.8 Å². The van der Waals surface area contributed by atoms with Crippen molar-refractivity contribution in [3.8, 4) is 5.75 Å². The van der Waals surface area contributed by atoms with Crippen molar-refractivity contribution in [2.45, 2.75) is 19.5 Å². The highest BCUT2D eigenvalue weighted by Crippen LogP contribution is 2.17. The number of nitrogens with one attached hydrogen (secondary N) is 1. The molecule has 3 rings (SSSR count). The van der Waals surface area contributed by atoms with Crippen LogP contribution in [0, 0.1) is 10.1 Å². The van der Waals surface area contributed by atoms with Crippen LogP contribution in [0.15, 0.2) is 73.1 Å². The molecule has 1 amide bonds. The third-order valence-corrected chi connectivity index (χ3v) is 4.51. The van der Waals surface area contributed by atoms with Gasteiger partial charge in [-0.1, -0.05) is 30.3 Å². The van der Waals surface area contributed by atoms with Gasteiger partial charge in [0, 0.05) is 36.4 Å². The van der Waals surface area contributed by atoms with Gasteiger partial charge in [0.05, 0.1) is 12.0 Å². The Morgan fingerprint density at radius 1 is 1.03 bits per heavy atom. The number of carbonyl (C=O) groups excluding carboxylic acids is 1. The summed E-state index contributed by atoms with van der Waals surface area (Å²) in [6, 6.07) is 18.0. The van der Waals surface area contributed by atoms with Crippen molar-refractivity contribution < 1.29 is 31.4 Å². The Morgan fingerprint density at radius 2 is 1.67 bits per heavy atom. The maximum Gasteiger partial charge on any atom is 0.286 e. The zero-order valence-electron chi connectivity index (χ0n) is 16.5. The smallest absolute Gasteiger partial charge is 0.286 e. The van der Waals surface area contributed by atoms with Gasteiger partial charge in [-0.2, -0.15) is 4.57 Å². The zero-order chi connectivity index (χ0) is 20.6. The summed E-state index contributed by atoms with van der Waals surface area (Å²) >= 11 is 0. The number of pyridine rings is 1. The van der Waals surface area contributed by atoms with Gasteiger partial charge in [0.2, 0.25) is 6.54 Å². The number of nitro benzene ring substituents is 1. The number of hydrogen-bond acceptors (Lipinski definition) is 4. The Kier molecular flexibility index (Phi) is 8.31. The summed E-state index contributed by atoms with van der Waals surface area (Å²) in [6.45, 7) is 0.620. The normalized spacial score (nSPS) is 10.0. The van der Waals surface area contributed by atoms with Crippen LogP contribution in [-0.4, -0.2) is 17.9 Å². The lowest BCUT2D eigenvalue weighted by molar-refractivity contribution is -0.684. The van der Waals surface area contributed by atoms with Crippen LogP contribution in [0.4, 0.5) is 5.69 Å². The number of nitro groups is 1. The SMILES string of the molecule is COc1ccccc1CNC(=O)C[n+]1ccc(Cc2ccc([N+](=O)[O-])cc2)cc1.[Cl-]. The molecule has 1 aromatic heterocycles. The van der Waals surface area contributed by atoms with Crippen molar-refractivity contribution in [3.63, 3.8) is 0 Å². The van der Waals surface area contributed by atoms with Crippen LogP contribution in [0.1, 0.15) is 16.7 Å². The molecule has 3 aromatic rings. The summed E-state index contributed by atoms with van der Waals surface area (Å²) in [7, 11) is 1.61. The summed E-state index contributed by atoms with van der Waals surface area (Å²) in [5.74, 6) is 0.653. The molecule has 1 N–H and O–H groups in total. The van der Waals surface area contributed by atoms with Gasteiger partial charge in [-0.15, -0.1) is 0 Å². The molecule has 2 aromatic carbocycles. The molecule has 0 aliphatic carbocycles. The number of hydrogen-bond donors (Lipinski definition) is 1. The third-order valence-electron chi connectivity index (χ3n) is 4.51. The zero-order valence-corrected chi connectivity index (χ0v) is 17.2. The second-order valence-corrected chi connectivity index (χ2v) is 6.57. The minimum Gasteiger partial charge on any atom is -1.00 e. The molecule has 7 nitrogen and oxygen atoms in total. The lowest BCUT2D eigenvalue weighted by Gasteiger charge is -2.08. The minimum atomic E-state index is -0.409. The quantitative estimate of drug-likeness (QED) is 0.306. The van der Waals surface area contributed by atoms with Crippen LogP contribution in [0.2, 0.25) is 0 Å². The van der Waals surface area contributed by atoms with Crippen molar-refractivity contribution in [1.82, 2.24) is 5.32 Å². The van der Waals surface area contributed by atoms with E-state index in [4.69, 9.17) is 4.74 Å². The number of rotatable bonds is 8. The maximum atomic E-state index is 12.2. The number of halogens is 1. The van der Waals surface area contributed by atoms with E-state index in [9.17, 15) is 14.9 Å². The number of non-ortho nitro benzene ring substituents is 1. The van der Waals surface area contributed by atoms with E-state index in [0.29, 0.717) is 13.0 Å². The van der Waals surface area contributed by atoms with E-state index in [1.807, 2.05) is 48.8 Å². The first-order valence-electron chi connectivity index (χ1n) is 9.15. The molecule has 0 fully saturated rings. The Morgan fingerprint density at radius 3 is 2.30 bits per heavy atom. The van der Waals surface area contributed by atoms with Gasteiger partial charge in [0.1, 0.15) is 5.75 Å². The Hall–Kier alpha value is -3.45. The first-order chi connectivity index (χ1) is 14.0. The number of amides is 1. The van der Waals surface area contributed by atoms with E-state index in [2.05, 4.69) is 5.32 Å². The fraction of sp³-hybridized carbons (Fsp3) is 0.182. The molecule has 0 atom stereocenters. The van der Waals surface area contributed by atoms with Crippen LogP contribution < -0.4 is 27.0 Å². The minimum absolute atomic E-state index is 0. The molecule has 0 saturated heterocycles. The van der Waals surface area contributed by atoms with E-state index < -0.39 is 4.92 Å². The molecule has 0 unspecified atom stereocenters. The molecule has 30 heavy (non-hydrogen) atoms. The summed E-state index contributed by atoms with van der Waals surface area (Å²) in [6.07, 6.45) is 4.37. The lowest BCUT2D eigenvalue weighted by atomic mass is 10.1. The first kappa shape index (κ1) is 22.8. The highest BCUT2D eigenvalue weighted by Gasteiger charge is 2.11. The second-order valence-electron chi connectivity index (χ2n) is 6.57. The topological polar surface area (TPSA) is 85.3 Å². The van der Waals surface area contributed by atoms with Crippen molar-refractivity contribution in [2.24, 2.45) is 0 Å². The maximum absolute atomic E-state index is 12.2. The average molecular weight is 428 g/mol. The molecule has 0 spiro atoms. The summed E-state index contributed by atoms with van der Waals surface area (Å²) < 4.78 is 7.09. The predicted octanol–water partition coefficient (Wildman–Crippen LogP) is -0.198. The molecule has 0 aliphatic rings. The third kappa shape index (κ3) is 6.28. The number of carbonyl (C=O) groups is 1. The summed E-state index contributed by atoms with van der Waals surface area (Å²) in [4.78, 5) is 22.5. The second kappa shape index (κ2) is 10.9. The molecule has 0 radical (unpaired) electrons. The molecule has 0 saturated carbocycles. The number of methoxy groups -OCH3 is 1. The van der Waals surface area contributed by atoms with E-state index in [-0.39, 0.29) is 30.5 Å². The van der Waals surface area contributed by atoms with Crippen molar-refractivity contribution in [3.05, 3.63) is 99.9 Å². The monoisotopic (exact) mass is 427 g/mol. The van der Waals surface area contributed by atoms with Crippen molar-refractivity contribution in [2.75, 3.05) is 7.11 Å². The molecule has 0 aliphatic heterocycles. The fourth-order valence-electron chi connectivity index (χ4n) is 2.95. The standard InChI is InChI=1S/C22H21N3O4.ClH/c1-29-21-5-3-2-4-19(21)15-23-22(26)16-24-12-10-18(11-13-24)14-17-6-8-20(9-7-17)25(27)28;/h2-13H,14-16H2,1H3;1H. The molecule has 0 bridgehead atoms. The van der Waals surface area contributed by atoms with Crippen molar-refractivity contribution >= 4 is 11.6 Å². The molecular formula is C22H22ClN3O4. The van der Waals surface area contributed by atoms with Crippen LogP contribution in [0.5, 0.6) is 5.75 Å². The van der Waals surface area contributed by atoms with Gasteiger partial charge in [-0.25, -0.2) is 0 Å². The Balaban J connectivity index is 0.00000320. The van der Waals surface area contributed by atoms with Crippen LogP contribution in [0.3, 0.4) is 0 Å². The number of benzene rings is 2. The number of nitrogens with zero attached hydrogens (tertiary/aromatic N) is 2. The highest BCUT2D eigenvalue weighted by atomic mass is 35.5. The Labute approximate surface area is 180 Å². The van der Waals surface area contributed by atoms with E-state index in [1.165, 1.54) is 12.1 Å². The van der Waals surface area contributed by atoms with Crippen LogP contribution >= 0.6 is 0 Å². The van der Waals surface area contributed by atoms with Gasteiger partial charge < -0.3 is 22.5 Å². The molecular weight excluding hydrogens is 406 g/mol. The molecule has 8 heteroatoms. The first-order valence-corrected chi connectivity index (χ1v) is 9.15. The van der Waals surface area contributed by atoms with E-state index >= 15 is 0 Å². The highest BCUT2D eigenvalue weighted by molar-refractivity contribution is 5.74. The number of ether oxygens (including phenoxy) is 1. The predicted molar refractivity (Wildman–Crippen MR) is 107 cm³/mol. The van der Waals surface area contributed by atoms with Gasteiger partial charge in [0.15, 0.2) is 12.4 Å². The summed E-state index contributed by atoms with van der Waals surface area (Å²) in [5.41, 5.74) is 3.05. The average Bonchev–Trinajstić information content (AvgIpc) is 2.74. The Bertz CT molecular complexity index is 992. The van der Waals surface area contributed by atoms with Crippen LogP contribution in [-0.2, 0) is 24.3 Å². The van der Waals surface area contributed by atoms with Gasteiger partial charge in [-0.05, 0) is 23.6 Å². The van der Waals surface area contributed by atoms with Crippen LogP contribution in [0.25, 0.3) is 0 Å². The van der Waals surface area contributed by atoms with Gasteiger partial charge in [0.25, 0.3) is 11.6 Å². The fourth-order valence-corrected chi connectivity index (χ4v) is 2.95. The number of para-hydroxylation sites is 1. The molecule has 1 heterocycles. The van der Waals surface area contributed by atoms with E-state index in [0.717, 1.165) is 22.4 Å². The lowest BCUT2D eigenvalue weighted by Crippen LogP contribution is -3.00. The van der Waals surface area contributed by atoms with Gasteiger partial charge in [-0.3, -0.25) is 14.9 Å². The largest absolute Gasteiger partial charge is 1.00 e. The number of aromatic nitrogens is 1.